The highest BCUT2D eigenvalue weighted by atomic mass is 32.1. The predicted molar refractivity (Wildman–Crippen MR) is 83.4 cm³/mol. The van der Waals surface area contributed by atoms with Crippen LogP contribution in [0.25, 0.3) is 0 Å². The quantitative estimate of drug-likeness (QED) is 0.908. The second kappa shape index (κ2) is 6.05. The van der Waals surface area contributed by atoms with Crippen LogP contribution in [-0.4, -0.2) is 18.0 Å². The Morgan fingerprint density at radius 3 is 2.57 bits per heavy atom. The Labute approximate surface area is 130 Å². The highest BCUT2D eigenvalue weighted by Crippen LogP contribution is 2.48. The summed E-state index contributed by atoms with van der Waals surface area (Å²) in [4.78, 5) is 18.0. The Balaban J connectivity index is 1.93. The number of ether oxygens (including phenoxy) is 1. The van der Waals surface area contributed by atoms with Crippen LogP contribution in [0.15, 0.2) is 0 Å². The van der Waals surface area contributed by atoms with Crippen LogP contribution in [0, 0.1) is 0 Å². The van der Waals surface area contributed by atoms with E-state index >= 15 is 0 Å². The van der Waals surface area contributed by atoms with Gasteiger partial charge in [0.15, 0.2) is 0 Å². The molecule has 1 aromatic rings. The zero-order chi connectivity index (χ0) is 14.9. The zero-order valence-electron chi connectivity index (χ0n) is 12.7. The lowest BCUT2D eigenvalue weighted by atomic mass is 9.68. The van der Waals surface area contributed by atoms with Crippen molar-refractivity contribution >= 4 is 17.2 Å². The minimum absolute atomic E-state index is 0.207. The molecule has 116 valence electrons. The molecule has 2 aliphatic rings. The first-order valence-electron chi connectivity index (χ1n) is 7.96. The number of aromatic nitrogens is 1. The highest BCUT2D eigenvalue weighted by Gasteiger charge is 2.47. The summed E-state index contributed by atoms with van der Waals surface area (Å²) in [6.07, 6.45) is 9.19. The zero-order valence-corrected chi connectivity index (χ0v) is 13.5. The molecular formula is C16H24N2O2S. The first kappa shape index (κ1) is 15.0. The fourth-order valence-electron chi connectivity index (χ4n) is 3.59. The summed E-state index contributed by atoms with van der Waals surface area (Å²) < 4.78 is 5.33. The van der Waals surface area contributed by atoms with Gasteiger partial charge in [-0.1, -0.05) is 25.7 Å². The van der Waals surface area contributed by atoms with Crippen LogP contribution in [0.5, 0.6) is 0 Å². The minimum Gasteiger partial charge on any atom is -0.378 e. The van der Waals surface area contributed by atoms with Gasteiger partial charge in [0.25, 0.3) is 0 Å². The molecule has 0 radical (unpaired) electrons. The normalized spacial score (nSPS) is 22.0. The molecule has 1 heterocycles. The summed E-state index contributed by atoms with van der Waals surface area (Å²) in [5.74, 6) is 0.391. The van der Waals surface area contributed by atoms with Crippen molar-refractivity contribution in [1.82, 2.24) is 4.98 Å². The molecule has 21 heavy (non-hydrogen) atoms. The predicted octanol–water partition coefficient (Wildman–Crippen LogP) is 3.24. The van der Waals surface area contributed by atoms with E-state index in [9.17, 15) is 4.79 Å². The van der Waals surface area contributed by atoms with Crippen LogP contribution in [0.3, 0.4) is 0 Å². The molecule has 3 rings (SSSR count). The Morgan fingerprint density at radius 2 is 2.05 bits per heavy atom. The van der Waals surface area contributed by atoms with Crippen molar-refractivity contribution in [2.45, 2.75) is 69.3 Å². The van der Waals surface area contributed by atoms with E-state index < -0.39 is 5.41 Å². The maximum absolute atomic E-state index is 11.9. The SMILES string of the molecule is COCc1nc(C2(C(N)=O)CCC2)sc1C1CCCCC1. The highest BCUT2D eigenvalue weighted by molar-refractivity contribution is 7.12. The molecule has 2 saturated carbocycles. The third kappa shape index (κ3) is 2.61. The van der Waals surface area contributed by atoms with Crippen molar-refractivity contribution < 1.29 is 9.53 Å². The van der Waals surface area contributed by atoms with Gasteiger partial charge < -0.3 is 10.5 Å². The Bertz CT molecular complexity index is 516. The van der Waals surface area contributed by atoms with E-state index in [0.29, 0.717) is 12.5 Å². The van der Waals surface area contributed by atoms with Gasteiger partial charge in [-0.05, 0) is 31.6 Å². The second-order valence-electron chi connectivity index (χ2n) is 6.40. The Kier molecular flexibility index (Phi) is 4.31. The molecule has 1 aromatic heterocycles. The van der Waals surface area contributed by atoms with Gasteiger partial charge in [-0.3, -0.25) is 4.79 Å². The maximum Gasteiger partial charge on any atom is 0.230 e. The third-order valence-electron chi connectivity index (χ3n) is 5.07. The average Bonchev–Trinajstić information content (AvgIpc) is 2.82. The fourth-order valence-corrected chi connectivity index (χ4v) is 5.08. The van der Waals surface area contributed by atoms with Gasteiger partial charge in [0.05, 0.1) is 12.3 Å². The number of nitrogens with zero attached hydrogens (tertiary/aromatic N) is 1. The molecule has 0 saturated heterocycles. The molecule has 2 N–H and O–H groups in total. The third-order valence-corrected chi connectivity index (χ3v) is 6.54. The number of hydrogen-bond donors (Lipinski definition) is 1. The van der Waals surface area contributed by atoms with Gasteiger partial charge in [-0.2, -0.15) is 0 Å². The minimum atomic E-state index is -0.486. The molecule has 2 fully saturated rings. The molecule has 4 nitrogen and oxygen atoms in total. The topological polar surface area (TPSA) is 65.2 Å². The molecule has 0 aromatic carbocycles. The number of nitrogens with two attached hydrogens (primary N) is 1. The van der Waals surface area contributed by atoms with Crippen LogP contribution in [0.2, 0.25) is 0 Å². The summed E-state index contributed by atoms with van der Waals surface area (Å²) in [6, 6.07) is 0. The lowest BCUT2D eigenvalue weighted by molar-refractivity contribution is -0.126. The van der Waals surface area contributed by atoms with Crippen molar-refractivity contribution in [2.24, 2.45) is 5.73 Å². The van der Waals surface area contributed by atoms with E-state index in [-0.39, 0.29) is 5.91 Å². The number of hydrogen-bond acceptors (Lipinski definition) is 4. The second-order valence-corrected chi connectivity index (χ2v) is 7.43. The van der Waals surface area contributed by atoms with Crippen LogP contribution in [0.4, 0.5) is 0 Å². The number of rotatable bonds is 5. The van der Waals surface area contributed by atoms with Gasteiger partial charge in [0, 0.05) is 12.0 Å². The van der Waals surface area contributed by atoms with Gasteiger partial charge in [0.2, 0.25) is 5.91 Å². The van der Waals surface area contributed by atoms with E-state index in [1.54, 1.807) is 18.4 Å². The summed E-state index contributed by atoms with van der Waals surface area (Å²) in [7, 11) is 1.71. The molecule has 0 atom stereocenters. The molecule has 2 aliphatic carbocycles. The van der Waals surface area contributed by atoms with E-state index in [2.05, 4.69) is 0 Å². The van der Waals surface area contributed by atoms with E-state index in [0.717, 1.165) is 30.0 Å². The smallest absolute Gasteiger partial charge is 0.230 e. The number of methoxy groups -OCH3 is 1. The molecule has 0 bridgehead atoms. The van der Waals surface area contributed by atoms with Crippen molar-refractivity contribution in [3.05, 3.63) is 15.6 Å². The van der Waals surface area contributed by atoms with Gasteiger partial charge in [-0.15, -0.1) is 11.3 Å². The van der Waals surface area contributed by atoms with E-state index in [1.807, 2.05) is 0 Å². The standard InChI is InChI=1S/C16H24N2O2S/c1-20-10-12-13(11-6-3-2-4-7-11)21-15(18-12)16(14(17)19)8-5-9-16/h11H,2-10H2,1H3,(H2,17,19). The van der Waals surface area contributed by atoms with Gasteiger partial charge in [-0.25, -0.2) is 4.98 Å². The van der Waals surface area contributed by atoms with Crippen molar-refractivity contribution in [3.8, 4) is 0 Å². The number of thiazole rings is 1. The maximum atomic E-state index is 11.9. The van der Waals surface area contributed by atoms with Crippen LogP contribution in [-0.2, 0) is 21.6 Å². The summed E-state index contributed by atoms with van der Waals surface area (Å²) in [6.45, 7) is 0.539. The number of carbonyl (C=O) groups excluding carboxylic acids is 1. The summed E-state index contributed by atoms with van der Waals surface area (Å²) in [5, 5.41) is 0.939. The summed E-state index contributed by atoms with van der Waals surface area (Å²) in [5.41, 5.74) is 6.23. The molecule has 5 heteroatoms. The Morgan fingerprint density at radius 1 is 1.33 bits per heavy atom. The van der Waals surface area contributed by atoms with Gasteiger partial charge in [0.1, 0.15) is 10.4 Å². The lowest BCUT2D eigenvalue weighted by Gasteiger charge is -2.36. The Hall–Kier alpha value is -0.940. The molecular weight excluding hydrogens is 284 g/mol. The molecule has 1 amide bonds. The summed E-state index contributed by atoms with van der Waals surface area (Å²) >= 11 is 1.73. The van der Waals surface area contributed by atoms with Gasteiger partial charge >= 0.3 is 0 Å². The molecule has 0 unspecified atom stereocenters. The first-order chi connectivity index (χ1) is 10.2. The average molecular weight is 308 g/mol. The van der Waals surface area contributed by atoms with E-state index in [4.69, 9.17) is 15.5 Å². The lowest BCUT2D eigenvalue weighted by Crippen LogP contribution is -2.46. The van der Waals surface area contributed by atoms with E-state index in [1.165, 1.54) is 37.0 Å². The van der Waals surface area contributed by atoms with Crippen molar-refractivity contribution in [3.63, 3.8) is 0 Å². The molecule has 0 spiro atoms. The number of primary amides is 1. The molecule has 0 aliphatic heterocycles. The first-order valence-corrected chi connectivity index (χ1v) is 8.78. The largest absolute Gasteiger partial charge is 0.378 e. The van der Waals surface area contributed by atoms with Crippen molar-refractivity contribution in [1.29, 1.82) is 0 Å². The fraction of sp³-hybridized carbons (Fsp3) is 0.750. The monoisotopic (exact) mass is 308 g/mol. The van der Waals surface area contributed by atoms with Crippen LogP contribution >= 0.6 is 11.3 Å². The number of amides is 1. The number of carbonyl (C=O) groups is 1. The van der Waals surface area contributed by atoms with Crippen LogP contribution < -0.4 is 5.73 Å². The van der Waals surface area contributed by atoms with Crippen LogP contribution in [0.1, 0.15) is 72.9 Å². The van der Waals surface area contributed by atoms with Crippen molar-refractivity contribution in [2.75, 3.05) is 7.11 Å².